The van der Waals surface area contributed by atoms with Gasteiger partial charge in [0, 0.05) is 6.04 Å². The molecule has 1 aliphatic rings. The molecule has 0 aromatic heterocycles. The highest BCUT2D eigenvalue weighted by Gasteiger charge is 2.17. The molecule has 0 aliphatic carbocycles. The summed E-state index contributed by atoms with van der Waals surface area (Å²) in [5.74, 6) is 1.000. The highest BCUT2D eigenvalue weighted by atomic mass is 79.9. The number of methoxy groups -OCH3 is 1. The fourth-order valence-corrected chi connectivity index (χ4v) is 3.37. The average Bonchev–Trinajstić information content (AvgIpc) is 2.39. The SMILES string of the molecule is CCc1cc(Br)c(OC)c(CC2CCCCN2)c1. The largest absolute Gasteiger partial charge is 0.495 e. The molecule has 18 heavy (non-hydrogen) atoms. The lowest BCUT2D eigenvalue weighted by Crippen LogP contribution is -2.35. The Hall–Kier alpha value is -0.540. The first-order valence-electron chi connectivity index (χ1n) is 6.83. The van der Waals surface area contributed by atoms with Crippen molar-refractivity contribution >= 4 is 15.9 Å². The van der Waals surface area contributed by atoms with Gasteiger partial charge in [-0.1, -0.05) is 19.4 Å². The van der Waals surface area contributed by atoms with Crippen LogP contribution in [0.4, 0.5) is 0 Å². The van der Waals surface area contributed by atoms with Gasteiger partial charge < -0.3 is 10.1 Å². The van der Waals surface area contributed by atoms with E-state index in [4.69, 9.17) is 4.74 Å². The van der Waals surface area contributed by atoms with Gasteiger partial charge in [0.15, 0.2) is 0 Å². The van der Waals surface area contributed by atoms with Gasteiger partial charge in [-0.2, -0.15) is 0 Å². The van der Waals surface area contributed by atoms with Crippen LogP contribution in [0.15, 0.2) is 16.6 Å². The van der Waals surface area contributed by atoms with Crippen molar-refractivity contribution in [1.82, 2.24) is 5.32 Å². The lowest BCUT2D eigenvalue weighted by atomic mass is 9.96. The molecule has 0 saturated carbocycles. The van der Waals surface area contributed by atoms with Crippen LogP contribution in [0.5, 0.6) is 5.75 Å². The first-order valence-corrected chi connectivity index (χ1v) is 7.62. The summed E-state index contributed by atoms with van der Waals surface area (Å²) in [5.41, 5.74) is 2.69. The van der Waals surface area contributed by atoms with Crippen molar-refractivity contribution in [2.24, 2.45) is 0 Å². The summed E-state index contributed by atoms with van der Waals surface area (Å²) in [4.78, 5) is 0. The first kappa shape index (κ1) is 13.9. The summed E-state index contributed by atoms with van der Waals surface area (Å²) < 4.78 is 6.62. The molecule has 100 valence electrons. The molecule has 3 heteroatoms. The van der Waals surface area contributed by atoms with E-state index in [1.54, 1.807) is 7.11 Å². The van der Waals surface area contributed by atoms with Crippen molar-refractivity contribution in [3.05, 3.63) is 27.7 Å². The van der Waals surface area contributed by atoms with Gasteiger partial charge in [0.2, 0.25) is 0 Å². The van der Waals surface area contributed by atoms with E-state index in [-0.39, 0.29) is 0 Å². The minimum Gasteiger partial charge on any atom is -0.495 e. The van der Waals surface area contributed by atoms with Crippen molar-refractivity contribution in [2.75, 3.05) is 13.7 Å². The van der Waals surface area contributed by atoms with Gasteiger partial charge in [-0.05, 0) is 65.4 Å². The van der Waals surface area contributed by atoms with Crippen molar-refractivity contribution in [3.8, 4) is 5.75 Å². The number of ether oxygens (including phenoxy) is 1. The summed E-state index contributed by atoms with van der Waals surface area (Å²) >= 11 is 3.62. The molecule has 1 aromatic carbocycles. The van der Waals surface area contributed by atoms with Crippen LogP contribution >= 0.6 is 15.9 Å². The van der Waals surface area contributed by atoms with E-state index in [1.807, 2.05) is 0 Å². The van der Waals surface area contributed by atoms with Crippen LogP contribution in [0.25, 0.3) is 0 Å². The lowest BCUT2D eigenvalue weighted by Gasteiger charge is -2.24. The van der Waals surface area contributed by atoms with Gasteiger partial charge in [-0.3, -0.25) is 0 Å². The molecular formula is C15H22BrNO. The Bertz CT molecular complexity index is 400. The van der Waals surface area contributed by atoms with Crippen LogP contribution < -0.4 is 10.1 Å². The minimum absolute atomic E-state index is 0.603. The second-order valence-corrected chi connectivity index (χ2v) is 5.83. The zero-order chi connectivity index (χ0) is 13.0. The molecule has 1 aliphatic heterocycles. The summed E-state index contributed by atoms with van der Waals surface area (Å²) in [6, 6.07) is 5.06. The summed E-state index contributed by atoms with van der Waals surface area (Å²) in [7, 11) is 1.75. The monoisotopic (exact) mass is 311 g/mol. The number of aryl methyl sites for hydroxylation is 1. The Morgan fingerprint density at radius 2 is 2.22 bits per heavy atom. The Morgan fingerprint density at radius 3 is 2.83 bits per heavy atom. The van der Waals surface area contributed by atoms with E-state index in [2.05, 4.69) is 40.3 Å². The number of hydrogen-bond donors (Lipinski definition) is 1. The zero-order valence-electron chi connectivity index (χ0n) is 11.3. The van der Waals surface area contributed by atoms with E-state index in [0.29, 0.717) is 6.04 Å². The highest BCUT2D eigenvalue weighted by molar-refractivity contribution is 9.10. The van der Waals surface area contributed by atoms with Crippen molar-refractivity contribution < 1.29 is 4.74 Å². The summed E-state index contributed by atoms with van der Waals surface area (Å²) in [6.07, 6.45) is 6.06. The minimum atomic E-state index is 0.603. The Morgan fingerprint density at radius 1 is 1.39 bits per heavy atom. The second kappa shape index (κ2) is 6.58. The molecule has 1 aromatic rings. The van der Waals surface area contributed by atoms with Crippen molar-refractivity contribution in [3.63, 3.8) is 0 Å². The third-order valence-corrected chi connectivity index (χ3v) is 4.26. The maximum absolute atomic E-state index is 5.54. The summed E-state index contributed by atoms with van der Waals surface area (Å²) in [5, 5.41) is 3.60. The molecule has 0 radical (unpaired) electrons. The zero-order valence-corrected chi connectivity index (χ0v) is 12.8. The van der Waals surface area contributed by atoms with E-state index >= 15 is 0 Å². The van der Waals surface area contributed by atoms with Gasteiger partial charge in [0.25, 0.3) is 0 Å². The van der Waals surface area contributed by atoms with Gasteiger partial charge in [-0.25, -0.2) is 0 Å². The summed E-state index contributed by atoms with van der Waals surface area (Å²) in [6.45, 7) is 3.35. The molecule has 1 atom stereocenters. The number of benzene rings is 1. The van der Waals surface area contributed by atoms with Crippen LogP contribution in [0.1, 0.15) is 37.3 Å². The fraction of sp³-hybridized carbons (Fsp3) is 0.600. The van der Waals surface area contributed by atoms with E-state index in [9.17, 15) is 0 Å². The topological polar surface area (TPSA) is 21.3 Å². The second-order valence-electron chi connectivity index (χ2n) is 4.97. The van der Waals surface area contributed by atoms with Gasteiger partial charge >= 0.3 is 0 Å². The molecule has 1 saturated heterocycles. The van der Waals surface area contributed by atoms with Gasteiger partial charge in [0.1, 0.15) is 5.75 Å². The molecular weight excluding hydrogens is 290 g/mol. The van der Waals surface area contributed by atoms with Gasteiger partial charge in [0.05, 0.1) is 11.6 Å². The van der Waals surface area contributed by atoms with Crippen LogP contribution in [-0.4, -0.2) is 19.7 Å². The average molecular weight is 312 g/mol. The third kappa shape index (κ3) is 3.27. The van der Waals surface area contributed by atoms with E-state index in [1.165, 1.54) is 30.4 Å². The Labute approximate surface area is 118 Å². The molecule has 1 fully saturated rings. The van der Waals surface area contributed by atoms with E-state index in [0.717, 1.165) is 29.6 Å². The predicted octanol–water partition coefficient (Wildman–Crippen LogP) is 3.70. The number of piperidine rings is 1. The molecule has 1 unspecified atom stereocenters. The standard InChI is InChI=1S/C15H22BrNO/c1-3-11-8-12(15(18-2)14(16)9-11)10-13-6-4-5-7-17-13/h8-9,13,17H,3-7,10H2,1-2H3. The van der Waals surface area contributed by atoms with E-state index < -0.39 is 0 Å². The van der Waals surface area contributed by atoms with Crippen molar-refractivity contribution in [1.29, 1.82) is 0 Å². The van der Waals surface area contributed by atoms with Gasteiger partial charge in [-0.15, -0.1) is 0 Å². The fourth-order valence-electron chi connectivity index (χ4n) is 2.66. The van der Waals surface area contributed by atoms with Crippen LogP contribution in [-0.2, 0) is 12.8 Å². The highest BCUT2D eigenvalue weighted by Crippen LogP contribution is 2.32. The van der Waals surface area contributed by atoms with Crippen LogP contribution in [0.2, 0.25) is 0 Å². The number of nitrogens with one attached hydrogen (secondary N) is 1. The Kier molecular flexibility index (Phi) is 5.07. The number of hydrogen-bond acceptors (Lipinski definition) is 2. The maximum Gasteiger partial charge on any atom is 0.136 e. The first-order chi connectivity index (χ1) is 8.74. The quantitative estimate of drug-likeness (QED) is 0.915. The predicted molar refractivity (Wildman–Crippen MR) is 79.4 cm³/mol. The molecule has 0 spiro atoms. The third-order valence-electron chi connectivity index (χ3n) is 3.67. The molecule has 0 amide bonds. The van der Waals surface area contributed by atoms with Crippen molar-refractivity contribution in [2.45, 2.75) is 45.1 Å². The smallest absolute Gasteiger partial charge is 0.136 e. The number of rotatable bonds is 4. The lowest BCUT2D eigenvalue weighted by molar-refractivity contribution is 0.380. The number of halogens is 1. The molecule has 1 N–H and O–H groups in total. The maximum atomic E-state index is 5.54. The molecule has 0 bridgehead atoms. The molecule has 2 rings (SSSR count). The molecule has 1 heterocycles. The molecule has 2 nitrogen and oxygen atoms in total. The normalized spacial score (nSPS) is 19.8. The van der Waals surface area contributed by atoms with Crippen LogP contribution in [0, 0.1) is 0 Å². The van der Waals surface area contributed by atoms with Crippen LogP contribution in [0.3, 0.4) is 0 Å². The Balaban J connectivity index is 2.20.